The van der Waals surface area contributed by atoms with Crippen LogP contribution >= 0.6 is 0 Å². The topological polar surface area (TPSA) is 109 Å². The van der Waals surface area contributed by atoms with Crippen LogP contribution in [0, 0.1) is 0 Å². The highest BCUT2D eigenvalue weighted by molar-refractivity contribution is 5.98. The van der Waals surface area contributed by atoms with E-state index >= 15 is 0 Å². The summed E-state index contributed by atoms with van der Waals surface area (Å²) in [4.78, 5) is 26.7. The first-order valence-electron chi connectivity index (χ1n) is 8.56. The number of ether oxygens (including phenoxy) is 3. The predicted octanol–water partition coefficient (Wildman–Crippen LogP) is -1.05. The van der Waals surface area contributed by atoms with Gasteiger partial charge in [-0.25, -0.2) is 0 Å². The summed E-state index contributed by atoms with van der Waals surface area (Å²) in [6.07, 6.45) is 0. The quantitative estimate of drug-likeness (QED) is 0.566. The standard InChI is InChI=1S/C17H23N3O6/c21-10-13(17(23)18-3-4-20-5-7-24-8-6-20)19-16(22)12-1-2-14-15(9-12)26-11-25-14/h1-2,9,13,21H,3-8,10-11H2,(H,18,23)(H,19,22). The number of nitrogens with zero attached hydrogens (tertiary/aromatic N) is 1. The van der Waals surface area contributed by atoms with Gasteiger partial charge in [0.15, 0.2) is 11.5 Å². The lowest BCUT2D eigenvalue weighted by Gasteiger charge is -2.26. The molecule has 2 amide bonds. The molecule has 142 valence electrons. The number of rotatable bonds is 7. The first-order chi connectivity index (χ1) is 12.7. The Morgan fingerprint density at radius 3 is 2.73 bits per heavy atom. The first-order valence-corrected chi connectivity index (χ1v) is 8.56. The van der Waals surface area contributed by atoms with Crippen LogP contribution in [0.1, 0.15) is 10.4 Å². The van der Waals surface area contributed by atoms with Crippen molar-refractivity contribution < 1.29 is 28.9 Å². The van der Waals surface area contributed by atoms with Crippen molar-refractivity contribution >= 4 is 11.8 Å². The van der Waals surface area contributed by atoms with Crippen LogP contribution < -0.4 is 20.1 Å². The summed E-state index contributed by atoms with van der Waals surface area (Å²) in [5.41, 5.74) is 0.328. The van der Waals surface area contributed by atoms with Gasteiger partial charge in [-0.3, -0.25) is 14.5 Å². The molecule has 26 heavy (non-hydrogen) atoms. The molecule has 0 bridgehead atoms. The highest BCUT2D eigenvalue weighted by Gasteiger charge is 2.22. The molecule has 1 saturated heterocycles. The molecule has 0 saturated carbocycles. The zero-order valence-corrected chi connectivity index (χ0v) is 14.4. The van der Waals surface area contributed by atoms with Gasteiger partial charge in [0.05, 0.1) is 19.8 Å². The van der Waals surface area contributed by atoms with Crippen LogP contribution in [-0.4, -0.2) is 80.7 Å². The Morgan fingerprint density at radius 2 is 1.96 bits per heavy atom. The van der Waals surface area contributed by atoms with Crippen LogP contribution in [0.2, 0.25) is 0 Å². The first kappa shape index (κ1) is 18.4. The molecule has 2 aliphatic rings. The second-order valence-electron chi connectivity index (χ2n) is 6.02. The zero-order valence-electron chi connectivity index (χ0n) is 14.4. The summed E-state index contributed by atoms with van der Waals surface area (Å²) in [7, 11) is 0. The van der Waals surface area contributed by atoms with E-state index in [4.69, 9.17) is 14.2 Å². The number of amides is 2. The van der Waals surface area contributed by atoms with E-state index in [1.165, 1.54) is 0 Å². The molecule has 3 rings (SSSR count). The van der Waals surface area contributed by atoms with E-state index in [9.17, 15) is 14.7 Å². The van der Waals surface area contributed by atoms with Gasteiger partial charge >= 0.3 is 0 Å². The molecule has 1 fully saturated rings. The van der Waals surface area contributed by atoms with Crippen molar-refractivity contribution in [3.8, 4) is 11.5 Å². The number of hydrogen-bond donors (Lipinski definition) is 3. The Labute approximate surface area is 151 Å². The second-order valence-corrected chi connectivity index (χ2v) is 6.02. The number of morpholine rings is 1. The smallest absolute Gasteiger partial charge is 0.252 e. The molecular formula is C17H23N3O6. The van der Waals surface area contributed by atoms with E-state index in [1.54, 1.807) is 18.2 Å². The van der Waals surface area contributed by atoms with Gasteiger partial charge in [-0.1, -0.05) is 0 Å². The van der Waals surface area contributed by atoms with Gasteiger partial charge in [0.2, 0.25) is 12.7 Å². The average Bonchev–Trinajstić information content (AvgIpc) is 3.14. The number of aliphatic hydroxyl groups excluding tert-OH is 1. The Bertz CT molecular complexity index is 647. The fourth-order valence-electron chi connectivity index (χ4n) is 2.76. The molecule has 0 aromatic heterocycles. The molecule has 9 heteroatoms. The van der Waals surface area contributed by atoms with Crippen molar-refractivity contribution in [1.29, 1.82) is 0 Å². The SMILES string of the molecule is O=C(NC(CO)C(=O)NCCN1CCOCC1)c1ccc2c(c1)OCO2. The van der Waals surface area contributed by atoms with Gasteiger partial charge in [0, 0.05) is 31.7 Å². The maximum Gasteiger partial charge on any atom is 0.252 e. The number of nitrogens with one attached hydrogen (secondary N) is 2. The van der Waals surface area contributed by atoms with Gasteiger partial charge in [-0.05, 0) is 18.2 Å². The van der Waals surface area contributed by atoms with E-state index in [-0.39, 0.29) is 6.79 Å². The van der Waals surface area contributed by atoms with Crippen LogP contribution in [0.3, 0.4) is 0 Å². The molecule has 9 nitrogen and oxygen atoms in total. The summed E-state index contributed by atoms with van der Waals surface area (Å²) >= 11 is 0. The van der Waals surface area contributed by atoms with Crippen molar-refractivity contribution in [1.82, 2.24) is 15.5 Å². The minimum Gasteiger partial charge on any atom is -0.454 e. The lowest BCUT2D eigenvalue weighted by Crippen LogP contribution is -2.50. The van der Waals surface area contributed by atoms with Gasteiger partial charge in [-0.15, -0.1) is 0 Å². The van der Waals surface area contributed by atoms with Crippen molar-refractivity contribution in [2.45, 2.75) is 6.04 Å². The summed E-state index contributed by atoms with van der Waals surface area (Å²) in [5, 5.41) is 14.7. The summed E-state index contributed by atoms with van der Waals surface area (Å²) in [6.45, 7) is 3.82. The van der Waals surface area contributed by atoms with Crippen LogP contribution in [-0.2, 0) is 9.53 Å². The van der Waals surface area contributed by atoms with E-state index in [1.807, 2.05) is 0 Å². The average molecular weight is 365 g/mol. The largest absolute Gasteiger partial charge is 0.454 e. The fourth-order valence-corrected chi connectivity index (χ4v) is 2.76. The third-order valence-corrected chi connectivity index (χ3v) is 4.27. The Kier molecular flexibility index (Phi) is 6.26. The van der Waals surface area contributed by atoms with Crippen LogP contribution in [0.5, 0.6) is 11.5 Å². The summed E-state index contributed by atoms with van der Waals surface area (Å²) in [6, 6.07) is 3.74. The van der Waals surface area contributed by atoms with Gasteiger partial charge < -0.3 is 30.0 Å². The van der Waals surface area contributed by atoms with Crippen molar-refractivity contribution in [2.24, 2.45) is 0 Å². The number of hydrogen-bond acceptors (Lipinski definition) is 7. The Balaban J connectivity index is 1.48. The molecule has 3 N–H and O–H groups in total. The molecule has 2 aliphatic heterocycles. The highest BCUT2D eigenvalue weighted by atomic mass is 16.7. The molecule has 0 aliphatic carbocycles. The third kappa shape index (κ3) is 4.63. The molecule has 2 heterocycles. The van der Waals surface area contributed by atoms with E-state index in [2.05, 4.69) is 15.5 Å². The zero-order chi connectivity index (χ0) is 18.4. The Morgan fingerprint density at radius 1 is 1.19 bits per heavy atom. The number of aliphatic hydroxyl groups is 1. The number of benzene rings is 1. The Hall–Kier alpha value is -2.36. The maximum absolute atomic E-state index is 12.3. The van der Waals surface area contributed by atoms with Crippen molar-refractivity contribution in [2.75, 3.05) is 52.8 Å². The minimum absolute atomic E-state index is 0.116. The molecule has 1 unspecified atom stereocenters. The molecular weight excluding hydrogens is 342 g/mol. The lowest BCUT2D eigenvalue weighted by molar-refractivity contribution is -0.123. The van der Waals surface area contributed by atoms with Crippen LogP contribution in [0.4, 0.5) is 0 Å². The highest BCUT2D eigenvalue weighted by Crippen LogP contribution is 2.32. The molecule has 0 spiro atoms. The predicted molar refractivity (Wildman–Crippen MR) is 91.2 cm³/mol. The van der Waals surface area contributed by atoms with Crippen molar-refractivity contribution in [3.05, 3.63) is 23.8 Å². The molecule has 1 atom stereocenters. The maximum atomic E-state index is 12.3. The van der Waals surface area contributed by atoms with Gasteiger partial charge in [0.25, 0.3) is 5.91 Å². The summed E-state index contributed by atoms with van der Waals surface area (Å²) in [5.74, 6) is 0.162. The summed E-state index contributed by atoms with van der Waals surface area (Å²) < 4.78 is 15.7. The molecule has 1 aromatic carbocycles. The van der Waals surface area contributed by atoms with E-state index in [0.29, 0.717) is 43.4 Å². The second kappa shape index (κ2) is 8.84. The number of carbonyl (C=O) groups excluding carboxylic acids is 2. The van der Waals surface area contributed by atoms with Crippen LogP contribution in [0.25, 0.3) is 0 Å². The molecule has 1 aromatic rings. The molecule has 0 radical (unpaired) electrons. The lowest BCUT2D eigenvalue weighted by atomic mass is 10.1. The van der Waals surface area contributed by atoms with Gasteiger partial charge in [-0.2, -0.15) is 0 Å². The van der Waals surface area contributed by atoms with E-state index < -0.39 is 24.5 Å². The number of fused-ring (bicyclic) bond motifs is 1. The fraction of sp³-hybridized carbons (Fsp3) is 0.529. The van der Waals surface area contributed by atoms with Gasteiger partial charge in [0.1, 0.15) is 6.04 Å². The monoisotopic (exact) mass is 365 g/mol. The normalized spacial score (nSPS) is 17.6. The third-order valence-electron chi connectivity index (χ3n) is 4.27. The minimum atomic E-state index is -1.02. The van der Waals surface area contributed by atoms with Crippen molar-refractivity contribution in [3.63, 3.8) is 0 Å². The number of carbonyl (C=O) groups is 2. The van der Waals surface area contributed by atoms with Crippen LogP contribution in [0.15, 0.2) is 18.2 Å². The van der Waals surface area contributed by atoms with E-state index in [0.717, 1.165) is 13.1 Å².